The molecule has 1 aliphatic carbocycles. The van der Waals surface area contributed by atoms with E-state index in [1.807, 2.05) is 18.2 Å². The highest BCUT2D eigenvalue weighted by Gasteiger charge is 2.24. The minimum atomic E-state index is 0.230. The van der Waals surface area contributed by atoms with Crippen LogP contribution in [0, 0.1) is 0 Å². The Balaban J connectivity index is 1.94. The van der Waals surface area contributed by atoms with Crippen LogP contribution in [0.4, 0.5) is 5.69 Å². The van der Waals surface area contributed by atoms with Crippen molar-refractivity contribution in [1.29, 1.82) is 0 Å². The summed E-state index contributed by atoms with van der Waals surface area (Å²) < 4.78 is 0.992. The lowest BCUT2D eigenvalue weighted by molar-refractivity contribution is -0.131. The van der Waals surface area contributed by atoms with Crippen LogP contribution in [0.15, 0.2) is 27.6 Å². The molecule has 5 heteroatoms. The van der Waals surface area contributed by atoms with Crippen molar-refractivity contribution >= 4 is 39.3 Å². The number of nitrogens with two attached hydrogens (primary N) is 1. The van der Waals surface area contributed by atoms with Gasteiger partial charge in [0.2, 0.25) is 5.91 Å². The number of hydrogen-bond donors (Lipinski definition) is 1. The molecular weight excluding hydrogens is 348 g/mol. The van der Waals surface area contributed by atoms with Gasteiger partial charge in [-0.25, -0.2) is 0 Å². The normalized spacial score (nSPS) is 15.9. The zero-order valence-electron chi connectivity index (χ0n) is 12.5. The van der Waals surface area contributed by atoms with Crippen molar-refractivity contribution in [2.24, 2.45) is 0 Å². The van der Waals surface area contributed by atoms with Crippen LogP contribution in [0.1, 0.15) is 39.0 Å². The summed E-state index contributed by atoms with van der Waals surface area (Å²) in [5, 5.41) is 0. The predicted molar refractivity (Wildman–Crippen MR) is 93.5 cm³/mol. The molecule has 0 atom stereocenters. The lowest BCUT2D eigenvalue weighted by atomic mass is 9.94. The molecule has 0 saturated heterocycles. The Morgan fingerprint density at radius 2 is 2.10 bits per heavy atom. The molecular formula is C16H23BrN2OS. The number of rotatable bonds is 5. The van der Waals surface area contributed by atoms with Crippen LogP contribution in [0.3, 0.4) is 0 Å². The second-order valence-corrected chi connectivity index (χ2v) is 7.38. The maximum Gasteiger partial charge on any atom is 0.233 e. The number of hydrogen-bond acceptors (Lipinski definition) is 3. The Labute approximate surface area is 139 Å². The Morgan fingerprint density at radius 1 is 1.38 bits per heavy atom. The van der Waals surface area contributed by atoms with Crippen LogP contribution >= 0.6 is 27.7 Å². The van der Waals surface area contributed by atoms with Crippen molar-refractivity contribution in [3.63, 3.8) is 0 Å². The van der Waals surface area contributed by atoms with Gasteiger partial charge in [-0.15, -0.1) is 11.8 Å². The molecule has 1 aliphatic rings. The van der Waals surface area contributed by atoms with Gasteiger partial charge in [0.05, 0.1) is 5.75 Å². The second-order valence-electron chi connectivity index (χ2n) is 5.44. The molecule has 0 aliphatic heterocycles. The first-order valence-electron chi connectivity index (χ1n) is 7.59. The number of carbonyl (C=O) groups excluding carboxylic acids is 1. The van der Waals surface area contributed by atoms with Gasteiger partial charge in [0, 0.05) is 27.6 Å². The Morgan fingerprint density at radius 3 is 2.76 bits per heavy atom. The van der Waals surface area contributed by atoms with Gasteiger partial charge in [0.15, 0.2) is 0 Å². The number of thioether (sulfide) groups is 1. The van der Waals surface area contributed by atoms with E-state index in [1.165, 1.54) is 31.0 Å². The zero-order chi connectivity index (χ0) is 15.2. The molecule has 2 rings (SSSR count). The molecule has 1 aromatic rings. The molecule has 1 aromatic carbocycles. The molecule has 116 valence electrons. The molecule has 0 spiro atoms. The lowest BCUT2D eigenvalue weighted by Crippen LogP contribution is -2.42. The molecule has 0 aromatic heterocycles. The van der Waals surface area contributed by atoms with Crippen molar-refractivity contribution < 1.29 is 4.79 Å². The fourth-order valence-corrected chi connectivity index (χ4v) is 4.29. The Hall–Kier alpha value is -0.680. The van der Waals surface area contributed by atoms with Crippen LogP contribution in [-0.4, -0.2) is 29.1 Å². The first-order chi connectivity index (χ1) is 10.1. The molecule has 2 N–H and O–H groups in total. The third kappa shape index (κ3) is 4.65. The van der Waals surface area contributed by atoms with Gasteiger partial charge < -0.3 is 10.6 Å². The molecule has 3 nitrogen and oxygen atoms in total. The van der Waals surface area contributed by atoms with Gasteiger partial charge in [0.25, 0.3) is 0 Å². The number of carbonyl (C=O) groups is 1. The van der Waals surface area contributed by atoms with E-state index in [0.29, 0.717) is 11.8 Å². The fourth-order valence-electron chi connectivity index (χ4n) is 2.89. The van der Waals surface area contributed by atoms with E-state index in [-0.39, 0.29) is 5.91 Å². The number of amides is 1. The standard InChI is InChI=1S/C16H23BrN2OS/c1-2-19(13-6-4-3-5-7-13)16(20)11-21-15-10-12(17)8-9-14(15)18/h8-10,13H,2-7,11,18H2,1H3. The quantitative estimate of drug-likeness (QED) is 0.620. The largest absolute Gasteiger partial charge is 0.398 e. The van der Waals surface area contributed by atoms with E-state index >= 15 is 0 Å². The highest BCUT2D eigenvalue weighted by Crippen LogP contribution is 2.29. The smallest absolute Gasteiger partial charge is 0.233 e. The average Bonchev–Trinajstić information content (AvgIpc) is 2.50. The van der Waals surface area contributed by atoms with E-state index in [1.54, 1.807) is 0 Å². The summed E-state index contributed by atoms with van der Waals surface area (Å²) in [5.74, 6) is 0.694. The van der Waals surface area contributed by atoms with Crippen molar-refractivity contribution in [2.45, 2.75) is 50.0 Å². The maximum atomic E-state index is 12.5. The lowest BCUT2D eigenvalue weighted by Gasteiger charge is -2.33. The van der Waals surface area contributed by atoms with Crippen molar-refractivity contribution in [1.82, 2.24) is 4.90 Å². The molecule has 0 radical (unpaired) electrons. The van der Waals surface area contributed by atoms with E-state index in [9.17, 15) is 4.79 Å². The van der Waals surface area contributed by atoms with Gasteiger partial charge in [-0.2, -0.15) is 0 Å². The first kappa shape index (κ1) is 16.7. The van der Waals surface area contributed by atoms with E-state index in [0.717, 1.165) is 34.4 Å². The highest BCUT2D eigenvalue weighted by molar-refractivity contribution is 9.10. The van der Waals surface area contributed by atoms with Crippen LogP contribution in [0.25, 0.3) is 0 Å². The van der Waals surface area contributed by atoms with Gasteiger partial charge in [0.1, 0.15) is 0 Å². The van der Waals surface area contributed by atoms with Crippen LogP contribution in [0.5, 0.6) is 0 Å². The summed E-state index contributed by atoms with van der Waals surface area (Å²) in [5.41, 5.74) is 6.69. The number of benzene rings is 1. The second kappa shape index (κ2) is 8.08. The molecule has 0 unspecified atom stereocenters. The summed E-state index contributed by atoms with van der Waals surface area (Å²) in [6.07, 6.45) is 6.12. The Kier molecular flexibility index (Phi) is 6.42. The minimum Gasteiger partial charge on any atom is -0.398 e. The molecule has 1 saturated carbocycles. The van der Waals surface area contributed by atoms with Crippen molar-refractivity contribution in [2.75, 3.05) is 18.0 Å². The third-order valence-corrected chi connectivity index (χ3v) is 5.55. The van der Waals surface area contributed by atoms with Crippen LogP contribution in [-0.2, 0) is 4.79 Å². The summed E-state index contributed by atoms with van der Waals surface area (Å²) >= 11 is 4.98. The van der Waals surface area contributed by atoms with Crippen LogP contribution in [0.2, 0.25) is 0 Å². The van der Waals surface area contributed by atoms with E-state index < -0.39 is 0 Å². The highest BCUT2D eigenvalue weighted by atomic mass is 79.9. The van der Waals surface area contributed by atoms with Gasteiger partial charge in [-0.3, -0.25) is 4.79 Å². The SMILES string of the molecule is CCN(C(=O)CSc1cc(Br)ccc1N)C1CCCCC1. The van der Waals surface area contributed by atoms with E-state index in [4.69, 9.17) is 5.73 Å². The fraction of sp³-hybridized carbons (Fsp3) is 0.562. The molecule has 0 bridgehead atoms. The number of nitrogen functional groups attached to an aromatic ring is 1. The molecule has 1 fully saturated rings. The monoisotopic (exact) mass is 370 g/mol. The third-order valence-electron chi connectivity index (χ3n) is 4.00. The summed E-state index contributed by atoms with van der Waals surface area (Å²) in [7, 11) is 0. The number of nitrogens with zero attached hydrogens (tertiary/aromatic N) is 1. The Bertz CT molecular complexity index is 489. The summed E-state index contributed by atoms with van der Waals surface area (Å²) in [6.45, 7) is 2.88. The molecule has 21 heavy (non-hydrogen) atoms. The van der Waals surface area contributed by atoms with Crippen molar-refractivity contribution in [3.05, 3.63) is 22.7 Å². The summed E-state index contributed by atoms with van der Waals surface area (Å²) in [6, 6.07) is 6.21. The topological polar surface area (TPSA) is 46.3 Å². The van der Waals surface area contributed by atoms with Gasteiger partial charge in [-0.1, -0.05) is 35.2 Å². The molecule has 0 heterocycles. The molecule has 1 amide bonds. The minimum absolute atomic E-state index is 0.230. The first-order valence-corrected chi connectivity index (χ1v) is 9.37. The number of anilines is 1. The van der Waals surface area contributed by atoms with Gasteiger partial charge in [-0.05, 0) is 38.0 Å². The summed E-state index contributed by atoms with van der Waals surface area (Å²) in [4.78, 5) is 15.5. The predicted octanol–water partition coefficient (Wildman–Crippen LogP) is 4.30. The zero-order valence-corrected chi connectivity index (χ0v) is 14.9. The van der Waals surface area contributed by atoms with Crippen LogP contribution < -0.4 is 5.73 Å². The van der Waals surface area contributed by atoms with Crippen molar-refractivity contribution in [3.8, 4) is 0 Å². The maximum absolute atomic E-state index is 12.5. The average molecular weight is 371 g/mol. The van der Waals surface area contributed by atoms with Gasteiger partial charge >= 0.3 is 0 Å². The number of halogens is 1. The van der Waals surface area contributed by atoms with E-state index in [2.05, 4.69) is 27.8 Å².